The maximum Gasteiger partial charge on any atom is 0.243 e. The van der Waals surface area contributed by atoms with E-state index in [4.69, 9.17) is 0 Å². The van der Waals surface area contributed by atoms with Gasteiger partial charge >= 0.3 is 0 Å². The summed E-state index contributed by atoms with van der Waals surface area (Å²) in [7, 11) is -4.04. The Morgan fingerprint density at radius 3 is 2.30 bits per heavy atom. The van der Waals surface area contributed by atoms with Gasteiger partial charge in [-0.3, -0.25) is 9.69 Å². The highest BCUT2D eigenvalue weighted by molar-refractivity contribution is 7.89. The average Bonchev–Trinajstić information content (AvgIpc) is 2.72. The fraction of sp³-hybridized carbons (Fsp3) is 0.667. The zero-order chi connectivity index (χ0) is 21.9. The molecule has 1 amide bonds. The number of hydrogen-bond donors (Lipinski definition) is 1. The quantitative estimate of drug-likeness (QED) is 0.734. The molecule has 2 fully saturated rings. The second kappa shape index (κ2) is 9.70. The van der Waals surface area contributed by atoms with Gasteiger partial charge < -0.3 is 4.90 Å². The summed E-state index contributed by atoms with van der Waals surface area (Å²) >= 11 is 0. The molecule has 168 valence electrons. The monoisotopic (exact) mass is 443 g/mol. The van der Waals surface area contributed by atoms with E-state index in [9.17, 15) is 22.0 Å². The summed E-state index contributed by atoms with van der Waals surface area (Å²) in [5, 5.41) is 0. The first kappa shape index (κ1) is 23.1. The van der Waals surface area contributed by atoms with Crippen LogP contribution in [-0.4, -0.2) is 62.9 Å². The van der Waals surface area contributed by atoms with Crippen LogP contribution in [0.1, 0.15) is 39.5 Å². The molecule has 0 bridgehead atoms. The molecule has 9 heteroatoms. The second-order valence-corrected chi connectivity index (χ2v) is 10.3. The lowest BCUT2D eigenvalue weighted by Gasteiger charge is -2.39. The van der Waals surface area contributed by atoms with Gasteiger partial charge in [0.2, 0.25) is 15.9 Å². The Morgan fingerprint density at radius 2 is 1.73 bits per heavy atom. The lowest BCUT2D eigenvalue weighted by molar-refractivity contribution is -0.138. The average molecular weight is 444 g/mol. The Kier molecular flexibility index (Phi) is 7.47. The van der Waals surface area contributed by atoms with E-state index in [1.165, 1.54) is 0 Å². The molecule has 0 unspecified atom stereocenters. The zero-order valence-electron chi connectivity index (χ0n) is 17.6. The maximum absolute atomic E-state index is 13.8. The van der Waals surface area contributed by atoms with Gasteiger partial charge in [-0.15, -0.1) is 0 Å². The third kappa shape index (κ3) is 5.56. The first-order valence-corrected chi connectivity index (χ1v) is 12.1. The van der Waals surface area contributed by atoms with Crippen LogP contribution in [0.25, 0.3) is 0 Å². The number of amides is 1. The molecule has 1 aliphatic carbocycles. The van der Waals surface area contributed by atoms with Crippen LogP contribution in [0.15, 0.2) is 23.1 Å². The molecule has 0 radical (unpaired) electrons. The van der Waals surface area contributed by atoms with Gasteiger partial charge in [-0.2, -0.15) is 0 Å². The molecule has 0 aromatic heterocycles. The Labute approximate surface area is 177 Å². The van der Waals surface area contributed by atoms with E-state index in [1.54, 1.807) is 0 Å². The summed E-state index contributed by atoms with van der Waals surface area (Å²) in [6.45, 7) is 7.85. The molecule has 1 N–H and O–H groups in total. The number of nitrogens with zero attached hydrogens (tertiary/aromatic N) is 2. The van der Waals surface area contributed by atoms with Crippen molar-refractivity contribution in [1.29, 1.82) is 0 Å². The van der Waals surface area contributed by atoms with Crippen LogP contribution in [0, 0.1) is 23.5 Å². The number of piperazine rings is 1. The minimum atomic E-state index is -4.04. The standard InChI is InChI=1S/C21H31F2N3O3S/c1-15(2)25-9-11-26(12-10-25)21(27)17-5-3-16(4-6-17)14-24-30(28,29)20-8-7-18(22)13-19(20)23/h7-8,13,15-17,24H,3-6,9-12,14H2,1-2H3. The van der Waals surface area contributed by atoms with Gasteiger partial charge in [0.25, 0.3) is 0 Å². The summed E-state index contributed by atoms with van der Waals surface area (Å²) in [5.41, 5.74) is 0. The normalized spacial score (nSPS) is 23.7. The minimum Gasteiger partial charge on any atom is -0.340 e. The molecular formula is C21H31F2N3O3S. The van der Waals surface area contributed by atoms with E-state index in [2.05, 4.69) is 23.5 Å². The van der Waals surface area contributed by atoms with Crippen molar-refractivity contribution in [3.63, 3.8) is 0 Å². The summed E-state index contributed by atoms with van der Waals surface area (Å²) < 4.78 is 53.9. The van der Waals surface area contributed by atoms with E-state index in [1.807, 2.05) is 4.90 Å². The highest BCUT2D eigenvalue weighted by atomic mass is 32.2. The van der Waals surface area contributed by atoms with Crippen molar-refractivity contribution in [2.24, 2.45) is 11.8 Å². The molecule has 3 rings (SSSR count). The molecule has 1 saturated carbocycles. The van der Waals surface area contributed by atoms with Gasteiger partial charge in [-0.05, 0) is 57.6 Å². The SMILES string of the molecule is CC(C)N1CCN(C(=O)C2CCC(CNS(=O)(=O)c3ccc(F)cc3F)CC2)CC1. The zero-order valence-corrected chi connectivity index (χ0v) is 18.4. The predicted octanol–water partition coefficient (Wildman–Crippen LogP) is 2.60. The number of halogens is 2. The lowest BCUT2D eigenvalue weighted by atomic mass is 9.81. The second-order valence-electron chi connectivity index (χ2n) is 8.60. The number of carbonyl (C=O) groups excluding carboxylic acids is 1. The summed E-state index contributed by atoms with van der Waals surface area (Å²) in [6, 6.07) is 2.91. The van der Waals surface area contributed by atoms with Crippen molar-refractivity contribution in [3.05, 3.63) is 29.8 Å². The molecule has 1 aromatic rings. The third-order valence-corrected chi connectivity index (χ3v) is 7.75. The van der Waals surface area contributed by atoms with E-state index >= 15 is 0 Å². The molecule has 30 heavy (non-hydrogen) atoms. The Balaban J connectivity index is 1.46. The smallest absolute Gasteiger partial charge is 0.243 e. The highest BCUT2D eigenvalue weighted by Gasteiger charge is 2.32. The van der Waals surface area contributed by atoms with Crippen LogP contribution < -0.4 is 4.72 Å². The van der Waals surface area contributed by atoms with Gasteiger partial charge in [0.1, 0.15) is 16.5 Å². The molecule has 2 aliphatic rings. The fourth-order valence-corrected chi connectivity index (χ4v) is 5.50. The van der Waals surface area contributed by atoms with Crippen LogP contribution in [0.4, 0.5) is 8.78 Å². The van der Waals surface area contributed by atoms with Crippen molar-refractivity contribution in [1.82, 2.24) is 14.5 Å². The van der Waals surface area contributed by atoms with Crippen molar-refractivity contribution in [2.45, 2.75) is 50.5 Å². The molecular weight excluding hydrogens is 412 g/mol. The molecule has 6 nitrogen and oxygen atoms in total. The first-order chi connectivity index (χ1) is 14.2. The Bertz CT molecular complexity index is 847. The fourth-order valence-electron chi connectivity index (χ4n) is 4.33. The number of sulfonamides is 1. The van der Waals surface area contributed by atoms with Crippen LogP contribution in [0.2, 0.25) is 0 Å². The van der Waals surface area contributed by atoms with Crippen LogP contribution in [0.5, 0.6) is 0 Å². The number of rotatable bonds is 6. The first-order valence-electron chi connectivity index (χ1n) is 10.6. The topological polar surface area (TPSA) is 69.7 Å². The van der Waals surface area contributed by atoms with Gasteiger partial charge in [-0.25, -0.2) is 21.9 Å². The number of carbonyl (C=O) groups is 1. The molecule has 0 spiro atoms. The van der Waals surface area contributed by atoms with Gasteiger partial charge in [-0.1, -0.05) is 0 Å². The predicted molar refractivity (Wildman–Crippen MR) is 110 cm³/mol. The van der Waals surface area contributed by atoms with Gasteiger partial charge in [0.05, 0.1) is 0 Å². The van der Waals surface area contributed by atoms with Crippen molar-refractivity contribution < 1.29 is 22.0 Å². The van der Waals surface area contributed by atoms with Gasteiger partial charge in [0, 0.05) is 50.7 Å². The summed E-state index contributed by atoms with van der Waals surface area (Å²) in [5.74, 6) is -1.61. The van der Waals surface area contributed by atoms with E-state index < -0.39 is 26.6 Å². The van der Waals surface area contributed by atoms with Crippen molar-refractivity contribution in [2.75, 3.05) is 32.7 Å². The maximum atomic E-state index is 13.8. The van der Waals surface area contributed by atoms with Crippen molar-refractivity contribution in [3.8, 4) is 0 Å². The molecule has 1 saturated heterocycles. The third-order valence-electron chi connectivity index (χ3n) is 6.30. The van der Waals surface area contributed by atoms with E-state index in [0.29, 0.717) is 12.1 Å². The molecule has 1 heterocycles. The summed E-state index contributed by atoms with van der Waals surface area (Å²) in [6.07, 6.45) is 2.97. The molecule has 1 aliphatic heterocycles. The van der Waals surface area contributed by atoms with Crippen LogP contribution >= 0.6 is 0 Å². The van der Waals surface area contributed by atoms with Crippen LogP contribution in [-0.2, 0) is 14.8 Å². The van der Waals surface area contributed by atoms with Crippen molar-refractivity contribution >= 4 is 15.9 Å². The van der Waals surface area contributed by atoms with Gasteiger partial charge in [0.15, 0.2) is 0 Å². The molecule has 0 atom stereocenters. The lowest BCUT2D eigenvalue weighted by Crippen LogP contribution is -2.52. The van der Waals surface area contributed by atoms with Crippen LogP contribution in [0.3, 0.4) is 0 Å². The molecule has 1 aromatic carbocycles. The number of benzene rings is 1. The number of hydrogen-bond acceptors (Lipinski definition) is 4. The van der Waals surface area contributed by atoms with E-state index in [0.717, 1.165) is 64.0 Å². The minimum absolute atomic E-state index is 0.00185. The number of nitrogens with one attached hydrogen (secondary N) is 1. The largest absolute Gasteiger partial charge is 0.340 e. The Morgan fingerprint density at radius 1 is 1.10 bits per heavy atom. The van der Waals surface area contributed by atoms with E-state index in [-0.39, 0.29) is 24.3 Å². The highest BCUT2D eigenvalue weighted by Crippen LogP contribution is 2.30. The Hall–Kier alpha value is -1.58. The summed E-state index contributed by atoms with van der Waals surface area (Å²) in [4.78, 5) is 16.6.